The summed E-state index contributed by atoms with van der Waals surface area (Å²) in [7, 11) is 0. The van der Waals surface area contributed by atoms with E-state index in [9.17, 15) is 0 Å². The normalized spacial score (nSPS) is 10.8. The Morgan fingerprint density at radius 1 is 0.311 bits per heavy atom. The zero-order chi connectivity index (χ0) is 30.4. The van der Waals surface area contributed by atoms with Crippen molar-refractivity contribution in [3.8, 4) is 22.8 Å². The summed E-state index contributed by atoms with van der Waals surface area (Å²) in [4.78, 5) is 18.8. The highest BCUT2D eigenvalue weighted by Gasteiger charge is 2.15. The van der Waals surface area contributed by atoms with E-state index in [1.165, 1.54) is 0 Å². The molecule has 0 aliphatic heterocycles. The summed E-state index contributed by atoms with van der Waals surface area (Å²) in [6, 6.07) is 58.3. The third kappa shape index (κ3) is 6.05. The molecule has 0 saturated heterocycles. The first kappa shape index (κ1) is 27.7. The molecule has 0 spiro atoms. The van der Waals surface area contributed by atoms with Crippen molar-refractivity contribution in [1.82, 2.24) is 15.0 Å². The zero-order valence-corrected chi connectivity index (χ0v) is 24.9. The van der Waals surface area contributed by atoms with Crippen LogP contribution >= 0.6 is 0 Å². The molecule has 5 nitrogen and oxygen atoms in total. The van der Waals surface area contributed by atoms with E-state index in [1.54, 1.807) is 0 Å². The number of rotatable bonds is 8. The summed E-state index contributed by atoms with van der Waals surface area (Å²) in [5, 5.41) is 0. The summed E-state index contributed by atoms with van der Waals surface area (Å²) in [6.07, 6.45) is 0. The van der Waals surface area contributed by atoms with Gasteiger partial charge in [-0.05, 0) is 104 Å². The lowest BCUT2D eigenvalue weighted by Gasteiger charge is -2.25. The minimum Gasteiger partial charge on any atom is -0.311 e. The molecule has 0 fully saturated rings. The van der Waals surface area contributed by atoms with Crippen LogP contribution in [0.5, 0.6) is 0 Å². The highest BCUT2D eigenvalue weighted by atomic mass is 15.1. The van der Waals surface area contributed by atoms with Gasteiger partial charge in [0.1, 0.15) is 5.82 Å². The van der Waals surface area contributed by atoms with Crippen LogP contribution in [0.15, 0.2) is 170 Å². The molecule has 216 valence electrons. The SMILES string of the molecule is Cc1nc(-c2ccc(N(c3ccccc3)c3ccccc3)cc2)nc(-c2ccc(N(c3ccccc3)c3ccccc3)cc2)n1. The van der Waals surface area contributed by atoms with Crippen molar-refractivity contribution in [3.05, 3.63) is 176 Å². The fraction of sp³-hybridized carbons (Fsp3) is 0.0250. The van der Waals surface area contributed by atoms with Gasteiger partial charge in [0.05, 0.1) is 0 Å². The summed E-state index contributed by atoms with van der Waals surface area (Å²) in [5.41, 5.74) is 8.35. The lowest BCUT2D eigenvalue weighted by atomic mass is 10.1. The van der Waals surface area contributed by atoms with Gasteiger partial charge in [0.25, 0.3) is 0 Å². The molecule has 0 atom stereocenters. The molecule has 0 unspecified atom stereocenters. The maximum atomic E-state index is 4.91. The van der Waals surface area contributed by atoms with E-state index in [-0.39, 0.29) is 0 Å². The smallest absolute Gasteiger partial charge is 0.163 e. The van der Waals surface area contributed by atoms with E-state index < -0.39 is 0 Å². The number of hydrogen-bond donors (Lipinski definition) is 0. The topological polar surface area (TPSA) is 45.2 Å². The molecule has 45 heavy (non-hydrogen) atoms. The molecular formula is C40H31N5. The number of aromatic nitrogens is 3. The van der Waals surface area contributed by atoms with Crippen LogP contribution < -0.4 is 9.80 Å². The molecule has 0 N–H and O–H groups in total. The van der Waals surface area contributed by atoms with Gasteiger partial charge < -0.3 is 9.80 Å². The van der Waals surface area contributed by atoms with Crippen molar-refractivity contribution >= 4 is 34.1 Å². The number of para-hydroxylation sites is 4. The van der Waals surface area contributed by atoms with Gasteiger partial charge in [0.15, 0.2) is 11.6 Å². The summed E-state index contributed by atoms with van der Waals surface area (Å²) in [6.45, 7) is 1.91. The Hall–Kier alpha value is -6.07. The highest BCUT2D eigenvalue weighted by molar-refractivity contribution is 5.79. The zero-order valence-electron chi connectivity index (χ0n) is 24.9. The fourth-order valence-electron chi connectivity index (χ4n) is 5.46. The predicted molar refractivity (Wildman–Crippen MR) is 185 cm³/mol. The van der Waals surface area contributed by atoms with Gasteiger partial charge in [0.2, 0.25) is 0 Å². The van der Waals surface area contributed by atoms with Crippen LogP contribution in [0, 0.1) is 6.92 Å². The lowest BCUT2D eigenvalue weighted by molar-refractivity contribution is 0.992. The number of nitrogens with zero attached hydrogens (tertiary/aromatic N) is 5. The van der Waals surface area contributed by atoms with Gasteiger partial charge in [-0.25, -0.2) is 15.0 Å². The van der Waals surface area contributed by atoms with E-state index in [1.807, 2.05) is 31.2 Å². The number of anilines is 6. The van der Waals surface area contributed by atoms with Crippen LogP contribution in [0.4, 0.5) is 34.1 Å². The van der Waals surface area contributed by atoms with Crippen molar-refractivity contribution in [2.24, 2.45) is 0 Å². The Balaban J connectivity index is 1.19. The van der Waals surface area contributed by atoms with Gasteiger partial charge in [-0.1, -0.05) is 72.8 Å². The minimum atomic E-state index is 0.647. The van der Waals surface area contributed by atoms with Crippen molar-refractivity contribution in [1.29, 1.82) is 0 Å². The van der Waals surface area contributed by atoms with E-state index in [4.69, 9.17) is 15.0 Å². The Morgan fingerprint density at radius 2 is 0.578 bits per heavy atom. The first-order valence-corrected chi connectivity index (χ1v) is 15.0. The van der Waals surface area contributed by atoms with Gasteiger partial charge in [0, 0.05) is 45.3 Å². The molecule has 6 aromatic carbocycles. The Morgan fingerprint density at radius 3 is 0.867 bits per heavy atom. The Bertz CT molecular complexity index is 1760. The van der Waals surface area contributed by atoms with Crippen molar-refractivity contribution in [3.63, 3.8) is 0 Å². The molecule has 1 aromatic heterocycles. The molecule has 0 radical (unpaired) electrons. The molecule has 5 heteroatoms. The highest BCUT2D eigenvalue weighted by Crippen LogP contribution is 2.36. The molecule has 0 amide bonds. The molecular weight excluding hydrogens is 550 g/mol. The maximum absolute atomic E-state index is 4.91. The molecule has 0 aliphatic rings. The first-order chi connectivity index (χ1) is 22.2. The summed E-state index contributed by atoms with van der Waals surface area (Å²) >= 11 is 0. The largest absolute Gasteiger partial charge is 0.311 e. The van der Waals surface area contributed by atoms with E-state index in [0.29, 0.717) is 17.5 Å². The molecule has 0 bridgehead atoms. The molecule has 1 heterocycles. The third-order valence-electron chi connectivity index (χ3n) is 7.57. The third-order valence-corrected chi connectivity index (χ3v) is 7.57. The summed E-state index contributed by atoms with van der Waals surface area (Å²) < 4.78 is 0. The quantitative estimate of drug-likeness (QED) is 0.179. The number of hydrogen-bond acceptors (Lipinski definition) is 5. The fourth-order valence-corrected chi connectivity index (χ4v) is 5.46. The first-order valence-electron chi connectivity index (χ1n) is 15.0. The van der Waals surface area contributed by atoms with Crippen LogP contribution in [0.2, 0.25) is 0 Å². The molecule has 0 saturated carbocycles. The minimum absolute atomic E-state index is 0.647. The van der Waals surface area contributed by atoms with Crippen LogP contribution in [0.1, 0.15) is 5.82 Å². The molecule has 7 rings (SSSR count). The summed E-state index contributed by atoms with van der Waals surface area (Å²) in [5.74, 6) is 1.97. The van der Waals surface area contributed by atoms with Crippen LogP contribution in [-0.4, -0.2) is 15.0 Å². The monoisotopic (exact) mass is 581 g/mol. The number of benzene rings is 6. The van der Waals surface area contributed by atoms with E-state index >= 15 is 0 Å². The van der Waals surface area contributed by atoms with Crippen molar-refractivity contribution < 1.29 is 0 Å². The average molecular weight is 582 g/mol. The van der Waals surface area contributed by atoms with Crippen molar-refractivity contribution in [2.75, 3.05) is 9.80 Å². The van der Waals surface area contributed by atoms with Crippen LogP contribution in [-0.2, 0) is 0 Å². The average Bonchev–Trinajstić information content (AvgIpc) is 3.11. The standard InChI is InChI=1S/C40H31N5/c1-30-41-39(31-22-26-37(27-23-31)44(33-14-6-2-7-15-33)34-16-8-3-9-17-34)43-40(42-30)32-24-28-38(29-25-32)45(35-18-10-4-11-19-35)36-20-12-5-13-21-36/h2-29H,1H3. The second-order valence-electron chi connectivity index (χ2n) is 10.6. The molecule has 0 aliphatic carbocycles. The van der Waals surface area contributed by atoms with Gasteiger partial charge in [-0.15, -0.1) is 0 Å². The van der Waals surface area contributed by atoms with E-state index in [0.717, 1.165) is 45.3 Å². The van der Waals surface area contributed by atoms with E-state index in [2.05, 4.69) is 155 Å². The van der Waals surface area contributed by atoms with Crippen LogP contribution in [0.25, 0.3) is 22.8 Å². The second kappa shape index (κ2) is 12.7. The lowest BCUT2D eigenvalue weighted by Crippen LogP contribution is -2.09. The van der Waals surface area contributed by atoms with Crippen molar-refractivity contribution in [2.45, 2.75) is 6.92 Å². The molecule has 7 aromatic rings. The van der Waals surface area contributed by atoms with Gasteiger partial charge >= 0.3 is 0 Å². The Labute approximate surface area is 263 Å². The second-order valence-corrected chi connectivity index (χ2v) is 10.6. The number of aryl methyl sites for hydroxylation is 1. The van der Waals surface area contributed by atoms with Gasteiger partial charge in [-0.2, -0.15) is 0 Å². The predicted octanol–water partition coefficient (Wildman–Crippen LogP) is 10.5. The maximum Gasteiger partial charge on any atom is 0.163 e. The Kier molecular flexibility index (Phi) is 7.80. The van der Waals surface area contributed by atoms with Gasteiger partial charge in [-0.3, -0.25) is 0 Å². The van der Waals surface area contributed by atoms with Crippen LogP contribution in [0.3, 0.4) is 0 Å².